The number of carbonyl (C=O) groups is 3. The van der Waals surface area contributed by atoms with Gasteiger partial charge in [-0.25, -0.2) is 0 Å². The summed E-state index contributed by atoms with van der Waals surface area (Å²) in [5.41, 5.74) is 1.60. The molecule has 0 aromatic heterocycles. The number of aliphatic carboxylic acids is 1. The summed E-state index contributed by atoms with van der Waals surface area (Å²) in [5.74, 6) is -1.04. The molecule has 0 unspecified atom stereocenters. The summed E-state index contributed by atoms with van der Waals surface area (Å²) in [7, 11) is 1.58. The normalized spacial score (nSPS) is 14.3. The first-order valence-electron chi connectivity index (χ1n) is 9.40. The van der Waals surface area contributed by atoms with Crippen molar-refractivity contribution in [1.29, 1.82) is 0 Å². The Morgan fingerprint density at radius 3 is 2.54 bits per heavy atom. The molecule has 28 heavy (non-hydrogen) atoms. The van der Waals surface area contributed by atoms with Gasteiger partial charge in [0.25, 0.3) is 5.91 Å². The van der Waals surface area contributed by atoms with E-state index in [9.17, 15) is 14.4 Å². The Morgan fingerprint density at radius 2 is 1.93 bits per heavy atom. The van der Waals surface area contributed by atoms with Gasteiger partial charge in [0.05, 0.1) is 12.5 Å². The molecule has 0 radical (unpaired) electrons. The number of rotatable bonds is 7. The largest absolute Gasteiger partial charge is 0.490 e. The van der Waals surface area contributed by atoms with Crippen molar-refractivity contribution < 1.29 is 24.2 Å². The number of nitrogens with zero attached hydrogens (tertiary/aromatic N) is 2. The third-order valence-corrected chi connectivity index (χ3v) is 4.74. The van der Waals surface area contributed by atoms with Crippen molar-refractivity contribution >= 4 is 17.8 Å². The van der Waals surface area contributed by atoms with Crippen LogP contribution in [-0.2, 0) is 9.59 Å². The van der Waals surface area contributed by atoms with Crippen molar-refractivity contribution in [2.45, 2.75) is 26.7 Å². The lowest BCUT2D eigenvalue weighted by atomic mass is 9.97. The maximum atomic E-state index is 12.6. The van der Waals surface area contributed by atoms with Crippen LogP contribution in [0.15, 0.2) is 35.9 Å². The van der Waals surface area contributed by atoms with Gasteiger partial charge in [0, 0.05) is 25.7 Å². The molecule has 2 amide bonds. The lowest BCUT2D eigenvalue weighted by Crippen LogP contribution is -2.45. The van der Waals surface area contributed by atoms with Crippen molar-refractivity contribution in [2.75, 3.05) is 33.3 Å². The lowest BCUT2D eigenvalue weighted by molar-refractivity contribution is -0.145. The fraction of sp³-hybridized carbons (Fsp3) is 0.476. The Morgan fingerprint density at radius 1 is 1.25 bits per heavy atom. The molecule has 152 valence electrons. The molecule has 7 heteroatoms. The zero-order valence-corrected chi connectivity index (χ0v) is 16.7. The number of piperidine rings is 1. The number of carboxylic acids is 1. The van der Waals surface area contributed by atoms with Gasteiger partial charge >= 0.3 is 5.97 Å². The summed E-state index contributed by atoms with van der Waals surface area (Å²) < 4.78 is 5.62. The minimum atomic E-state index is -0.814. The van der Waals surface area contributed by atoms with Gasteiger partial charge in [0.15, 0.2) is 0 Å². The summed E-state index contributed by atoms with van der Waals surface area (Å²) in [6, 6.07) is 6.89. The first-order valence-corrected chi connectivity index (χ1v) is 9.40. The van der Waals surface area contributed by atoms with Crippen LogP contribution in [0.3, 0.4) is 0 Å². The van der Waals surface area contributed by atoms with E-state index in [1.165, 1.54) is 4.90 Å². The first kappa shape index (κ1) is 21.5. The minimum absolute atomic E-state index is 0.0422. The number of carboxylic acid groups (broad SMARTS) is 1. The van der Waals surface area contributed by atoms with Crippen LogP contribution in [0.4, 0.5) is 0 Å². The number of ether oxygens (including phenoxy) is 1. The number of allylic oxidation sites excluding steroid dienone is 1. The quantitative estimate of drug-likeness (QED) is 0.725. The SMILES string of the molecule is CC(C)=CCOc1cccc(C(=O)N(C)CC(=O)N2CCC(C(=O)O)CC2)c1. The summed E-state index contributed by atoms with van der Waals surface area (Å²) in [6.45, 7) is 5.18. The number of amides is 2. The van der Waals surface area contributed by atoms with Gasteiger partial charge in [0.1, 0.15) is 12.4 Å². The van der Waals surface area contributed by atoms with Gasteiger partial charge in [0.2, 0.25) is 5.91 Å². The molecule has 1 aromatic rings. The number of hydrogen-bond donors (Lipinski definition) is 1. The second-order valence-electron chi connectivity index (χ2n) is 7.27. The van der Waals surface area contributed by atoms with Crippen LogP contribution in [0.5, 0.6) is 5.75 Å². The average Bonchev–Trinajstić information content (AvgIpc) is 2.67. The average molecular weight is 388 g/mol. The van der Waals surface area contributed by atoms with Crippen LogP contribution in [0.2, 0.25) is 0 Å². The topological polar surface area (TPSA) is 87.2 Å². The van der Waals surface area contributed by atoms with E-state index in [0.29, 0.717) is 43.9 Å². The second-order valence-corrected chi connectivity index (χ2v) is 7.27. The summed E-state index contributed by atoms with van der Waals surface area (Å²) >= 11 is 0. The van der Waals surface area contributed by atoms with Crippen LogP contribution in [0.1, 0.15) is 37.0 Å². The molecular weight excluding hydrogens is 360 g/mol. The predicted octanol–water partition coefficient (Wildman–Crippen LogP) is 2.43. The van der Waals surface area contributed by atoms with Crippen LogP contribution < -0.4 is 4.74 Å². The Kier molecular flexibility index (Phi) is 7.61. The smallest absolute Gasteiger partial charge is 0.306 e. The minimum Gasteiger partial charge on any atom is -0.490 e. The molecule has 0 aliphatic carbocycles. The zero-order chi connectivity index (χ0) is 20.7. The van der Waals surface area contributed by atoms with E-state index in [-0.39, 0.29) is 18.4 Å². The van der Waals surface area contributed by atoms with Crippen LogP contribution in [0, 0.1) is 5.92 Å². The Hall–Kier alpha value is -2.83. The van der Waals surface area contributed by atoms with Crippen LogP contribution >= 0.6 is 0 Å². The molecule has 1 fully saturated rings. The summed E-state index contributed by atoms with van der Waals surface area (Å²) in [4.78, 5) is 39.1. The van der Waals surface area contributed by atoms with Crippen molar-refractivity contribution in [3.8, 4) is 5.75 Å². The van der Waals surface area contributed by atoms with Gasteiger partial charge in [-0.3, -0.25) is 14.4 Å². The molecule has 1 N–H and O–H groups in total. The van der Waals surface area contributed by atoms with Crippen molar-refractivity contribution in [1.82, 2.24) is 9.80 Å². The molecule has 1 aliphatic heterocycles. The molecule has 1 aromatic carbocycles. The van der Waals surface area contributed by atoms with E-state index in [2.05, 4.69) is 0 Å². The molecule has 0 spiro atoms. The molecule has 0 bridgehead atoms. The number of benzene rings is 1. The Bertz CT molecular complexity index is 747. The summed E-state index contributed by atoms with van der Waals surface area (Å²) in [6.07, 6.45) is 2.85. The molecule has 0 saturated carbocycles. The van der Waals surface area contributed by atoms with Gasteiger partial charge in [-0.2, -0.15) is 0 Å². The highest BCUT2D eigenvalue weighted by atomic mass is 16.5. The fourth-order valence-electron chi connectivity index (χ4n) is 2.99. The van der Waals surface area contributed by atoms with Gasteiger partial charge < -0.3 is 19.6 Å². The maximum absolute atomic E-state index is 12.6. The molecule has 7 nitrogen and oxygen atoms in total. The number of hydrogen-bond acceptors (Lipinski definition) is 4. The summed E-state index contributed by atoms with van der Waals surface area (Å²) in [5, 5.41) is 9.04. The number of carbonyl (C=O) groups excluding carboxylic acids is 2. The highest BCUT2D eigenvalue weighted by Crippen LogP contribution is 2.18. The Balaban J connectivity index is 1.91. The van der Waals surface area contributed by atoms with Gasteiger partial charge in [-0.1, -0.05) is 11.6 Å². The van der Waals surface area contributed by atoms with E-state index in [1.54, 1.807) is 36.2 Å². The maximum Gasteiger partial charge on any atom is 0.306 e. The lowest BCUT2D eigenvalue weighted by Gasteiger charge is -2.31. The van der Waals surface area contributed by atoms with Crippen molar-refractivity contribution in [3.05, 3.63) is 41.5 Å². The highest BCUT2D eigenvalue weighted by Gasteiger charge is 2.28. The van der Waals surface area contributed by atoms with E-state index in [4.69, 9.17) is 9.84 Å². The standard InChI is InChI=1S/C21H28N2O5/c1-15(2)9-12-28-18-6-4-5-17(13-18)20(25)22(3)14-19(24)23-10-7-16(8-11-23)21(26)27/h4-6,9,13,16H,7-8,10-12,14H2,1-3H3,(H,26,27). The van der Waals surface area contributed by atoms with Crippen molar-refractivity contribution in [2.24, 2.45) is 5.92 Å². The third-order valence-electron chi connectivity index (χ3n) is 4.74. The molecule has 1 saturated heterocycles. The molecule has 1 heterocycles. The molecule has 1 aliphatic rings. The molecule has 2 rings (SSSR count). The highest BCUT2D eigenvalue weighted by molar-refractivity contribution is 5.96. The second kappa shape index (κ2) is 9.92. The van der Waals surface area contributed by atoms with Crippen molar-refractivity contribution in [3.63, 3.8) is 0 Å². The van der Waals surface area contributed by atoms with Gasteiger partial charge in [-0.15, -0.1) is 0 Å². The zero-order valence-electron chi connectivity index (χ0n) is 16.7. The fourth-order valence-corrected chi connectivity index (χ4v) is 2.99. The van der Waals surface area contributed by atoms with E-state index < -0.39 is 11.9 Å². The number of likely N-dealkylation sites (N-methyl/N-ethyl adjacent to an activating group) is 1. The van der Waals surface area contributed by atoms with Crippen LogP contribution in [0.25, 0.3) is 0 Å². The first-order chi connectivity index (χ1) is 13.3. The number of likely N-dealkylation sites (tertiary alicyclic amines) is 1. The third kappa shape index (κ3) is 6.11. The molecular formula is C21H28N2O5. The van der Waals surface area contributed by atoms with Gasteiger partial charge in [-0.05, 0) is 51.0 Å². The Labute approximate surface area is 165 Å². The van der Waals surface area contributed by atoms with Crippen LogP contribution in [-0.4, -0.2) is 66.0 Å². The molecule has 0 atom stereocenters. The monoisotopic (exact) mass is 388 g/mol. The predicted molar refractivity (Wildman–Crippen MR) is 105 cm³/mol. The van der Waals surface area contributed by atoms with E-state index in [0.717, 1.165) is 5.57 Å². The van der Waals surface area contributed by atoms with E-state index in [1.807, 2.05) is 19.9 Å². The van der Waals surface area contributed by atoms with E-state index >= 15 is 0 Å².